The van der Waals surface area contributed by atoms with Gasteiger partial charge in [0.15, 0.2) is 9.84 Å². The molecule has 1 aromatic heterocycles. The van der Waals surface area contributed by atoms with Crippen LogP contribution in [0.1, 0.15) is 29.6 Å². The number of hydrogen-bond donors (Lipinski definition) is 1. The van der Waals surface area contributed by atoms with Gasteiger partial charge < -0.3 is 9.88 Å². The fraction of sp³-hybridized carbons (Fsp3) is 0.389. The second kappa shape index (κ2) is 7.21. The molecule has 128 valence electrons. The third-order valence-corrected chi connectivity index (χ3v) is 6.27. The van der Waals surface area contributed by atoms with Crippen LogP contribution in [-0.4, -0.2) is 36.9 Å². The molecule has 1 aromatic carbocycles. The van der Waals surface area contributed by atoms with E-state index in [0.717, 1.165) is 24.9 Å². The smallest absolute Gasteiger partial charge is 0.251 e. The van der Waals surface area contributed by atoms with Crippen LogP contribution < -0.4 is 5.32 Å². The van der Waals surface area contributed by atoms with Crippen LogP contribution in [0.25, 0.3) is 5.69 Å². The van der Waals surface area contributed by atoms with E-state index in [4.69, 9.17) is 0 Å². The second-order valence-corrected chi connectivity index (χ2v) is 8.53. The summed E-state index contributed by atoms with van der Waals surface area (Å²) in [6.45, 7) is 0.578. The number of carbonyl (C=O) groups excluding carboxylic acids is 1. The van der Waals surface area contributed by atoms with Gasteiger partial charge in [0, 0.05) is 30.2 Å². The molecule has 1 amide bonds. The summed E-state index contributed by atoms with van der Waals surface area (Å²) in [6, 6.07) is 11.4. The van der Waals surface area contributed by atoms with Crippen LogP contribution in [0.15, 0.2) is 48.8 Å². The van der Waals surface area contributed by atoms with Gasteiger partial charge in [-0.05, 0) is 61.6 Å². The number of nitrogens with zero attached hydrogens (tertiary/aromatic N) is 1. The Hall–Kier alpha value is -2.08. The minimum atomic E-state index is -2.80. The lowest BCUT2D eigenvalue weighted by Gasteiger charge is -2.09. The fourth-order valence-electron chi connectivity index (χ4n) is 3.09. The minimum absolute atomic E-state index is 0.0897. The SMILES string of the molecule is O=C(NCCCC1CCS(=O)(=O)C1)c1ccc(-n2cccc2)cc1. The van der Waals surface area contributed by atoms with Gasteiger partial charge in [-0.15, -0.1) is 0 Å². The second-order valence-electron chi connectivity index (χ2n) is 6.30. The number of hydrogen-bond acceptors (Lipinski definition) is 3. The van der Waals surface area contributed by atoms with Gasteiger partial charge in [0.2, 0.25) is 0 Å². The molecular weight excluding hydrogens is 324 g/mol. The summed E-state index contributed by atoms with van der Waals surface area (Å²) in [6.07, 6.45) is 6.34. The Morgan fingerprint density at radius 1 is 1.17 bits per heavy atom. The highest BCUT2D eigenvalue weighted by Gasteiger charge is 2.27. The molecule has 1 N–H and O–H groups in total. The predicted molar refractivity (Wildman–Crippen MR) is 94.1 cm³/mol. The number of nitrogens with one attached hydrogen (secondary N) is 1. The van der Waals surface area contributed by atoms with Gasteiger partial charge in [0.05, 0.1) is 11.5 Å². The zero-order valence-electron chi connectivity index (χ0n) is 13.5. The van der Waals surface area contributed by atoms with Crippen molar-refractivity contribution >= 4 is 15.7 Å². The van der Waals surface area contributed by atoms with Crippen molar-refractivity contribution in [2.75, 3.05) is 18.1 Å². The number of sulfone groups is 1. The molecule has 1 saturated heterocycles. The van der Waals surface area contributed by atoms with Crippen molar-refractivity contribution in [2.45, 2.75) is 19.3 Å². The van der Waals surface area contributed by atoms with Crippen LogP contribution in [-0.2, 0) is 9.84 Å². The first-order valence-electron chi connectivity index (χ1n) is 8.25. The van der Waals surface area contributed by atoms with Crippen molar-refractivity contribution < 1.29 is 13.2 Å². The van der Waals surface area contributed by atoms with Crippen molar-refractivity contribution in [3.63, 3.8) is 0 Å². The quantitative estimate of drug-likeness (QED) is 0.817. The first-order chi connectivity index (χ1) is 11.5. The van der Waals surface area contributed by atoms with E-state index in [2.05, 4.69) is 5.32 Å². The van der Waals surface area contributed by atoms with Gasteiger partial charge in [-0.25, -0.2) is 8.42 Å². The molecular formula is C18H22N2O3S. The van der Waals surface area contributed by atoms with Gasteiger partial charge >= 0.3 is 0 Å². The van der Waals surface area contributed by atoms with E-state index in [1.54, 1.807) is 0 Å². The van der Waals surface area contributed by atoms with Gasteiger partial charge in [-0.2, -0.15) is 0 Å². The third-order valence-electron chi connectivity index (χ3n) is 4.43. The summed E-state index contributed by atoms with van der Waals surface area (Å²) in [5.41, 5.74) is 1.65. The van der Waals surface area contributed by atoms with Crippen molar-refractivity contribution in [3.8, 4) is 5.69 Å². The topological polar surface area (TPSA) is 68.2 Å². The standard InChI is InChI=1S/C18H22N2O3S/c21-18(19-10-3-4-15-9-13-24(22,23)14-15)16-5-7-17(8-6-16)20-11-1-2-12-20/h1-2,5-8,11-12,15H,3-4,9-10,13-14H2,(H,19,21). The number of aromatic nitrogens is 1. The van der Waals surface area contributed by atoms with Crippen LogP contribution in [0.4, 0.5) is 0 Å². The first kappa shape index (κ1) is 16.8. The molecule has 6 heteroatoms. The maximum Gasteiger partial charge on any atom is 0.251 e. The number of carbonyl (C=O) groups is 1. The van der Waals surface area contributed by atoms with Crippen LogP contribution in [0.5, 0.6) is 0 Å². The molecule has 1 unspecified atom stereocenters. The normalized spacial score (nSPS) is 19.2. The molecule has 1 aliphatic rings. The first-order valence-corrected chi connectivity index (χ1v) is 10.1. The van der Waals surface area contributed by atoms with Gasteiger partial charge in [0.25, 0.3) is 5.91 Å². The summed E-state index contributed by atoms with van der Waals surface area (Å²) in [5, 5.41) is 2.90. The highest BCUT2D eigenvalue weighted by atomic mass is 32.2. The van der Waals surface area contributed by atoms with Crippen LogP contribution in [0.2, 0.25) is 0 Å². The molecule has 3 rings (SSSR count). The van der Waals surface area contributed by atoms with Gasteiger partial charge in [-0.3, -0.25) is 4.79 Å². The molecule has 2 heterocycles. The van der Waals surface area contributed by atoms with Crippen LogP contribution in [0.3, 0.4) is 0 Å². The molecule has 0 saturated carbocycles. The summed E-state index contributed by atoms with van der Waals surface area (Å²) in [5.74, 6) is 0.792. The molecule has 1 aliphatic heterocycles. The largest absolute Gasteiger partial charge is 0.352 e. The summed E-state index contributed by atoms with van der Waals surface area (Å²) in [4.78, 5) is 12.1. The molecule has 0 radical (unpaired) electrons. The molecule has 1 atom stereocenters. The average molecular weight is 346 g/mol. The average Bonchev–Trinajstić information content (AvgIpc) is 3.21. The molecule has 0 bridgehead atoms. The Morgan fingerprint density at radius 3 is 2.50 bits per heavy atom. The van der Waals surface area contributed by atoms with Crippen molar-refractivity contribution in [3.05, 3.63) is 54.4 Å². The Morgan fingerprint density at radius 2 is 1.88 bits per heavy atom. The summed E-state index contributed by atoms with van der Waals surface area (Å²) < 4.78 is 24.8. The zero-order chi connectivity index (χ0) is 17.0. The lowest BCUT2D eigenvalue weighted by Crippen LogP contribution is -2.24. The Labute approximate surface area is 142 Å². The monoisotopic (exact) mass is 346 g/mol. The Bertz CT molecular complexity index is 780. The van der Waals surface area contributed by atoms with Crippen molar-refractivity contribution in [1.82, 2.24) is 9.88 Å². The Kier molecular flexibility index (Phi) is 5.04. The molecule has 24 heavy (non-hydrogen) atoms. The molecule has 1 fully saturated rings. The maximum absolute atomic E-state index is 12.1. The third kappa shape index (κ3) is 4.26. The van der Waals surface area contributed by atoms with Crippen molar-refractivity contribution in [2.24, 2.45) is 5.92 Å². The minimum Gasteiger partial charge on any atom is -0.352 e. The highest BCUT2D eigenvalue weighted by molar-refractivity contribution is 7.91. The van der Waals surface area contributed by atoms with E-state index >= 15 is 0 Å². The van der Waals surface area contributed by atoms with E-state index in [1.165, 1.54) is 0 Å². The Balaban J connectivity index is 1.44. The van der Waals surface area contributed by atoms with E-state index in [-0.39, 0.29) is 11.8 Å². The molecule has 0 aliphatic carbocycles. The predicted octanol–water partition coefficient (Wildman–Crippen LogP) is 2.42. The zero-order valence-corrected chi connectivity index (χ0v) is 14.3. The number of benzene rings is 1. The van der Waals surface area contributed by atoms with Crippen molar-refractivity contribution in [1.29, 1.82) is 0 Å². The number of rotatable bonds is 6. The van der Waals surface area contributed by atoms with E-state index in [1.807, 2.05) is 53.4 Å². The van der Waals surface area contributed by atoms with Gasteiger partial charge in [-0.1, -0.05) is 0 Å². The summed E-state index contributed by atoms with van der Waals surface area (Å²) in [7, 11) is -2.80. The van der Waals surface area contributed by atoms with E-state index < -0.39 is 9.84 Å². The fourth-order valence-corrected chi connectivity index (χ4v) is 5.00. The van der Waals surface area contributed by atoms with Crippen LogP contribution >= 0.6 is 0 Å². The molecule has 2 aromatic rings. The summed E-state index contributed by atoms with van der Waals surface area (Å²) >= 11 is 0. The molecule has 5 nitrogen and oxygen atoms in total. The lowest BCUT2D eigenvalue weighted by atomic mass is 10.0. The highest BCUT2D eigenvalue weighted by Crippen LogP contribution is 2.22. The van der Waals surface area contributed by atoms with Gasteiger partial charge in [0.1, 0.15) is 0 Å². The lowest BCUT2D eigenvalue weighted by molar-refractivity contribution is 0.0952. The molecule has 0 spiro atoms. The van der Waals surface area contributed by atoms with E-state index in [9.17, 15) is 13.2 Å². The van der Waals surface area contributed by atoms with Crippen LogP contribution in [0, 0.1) is 5.92 Å². The maximum atomic E-state index is 12.1. The number of amides is 1. The van der Waals surface area contributed by atoms with E-state index in [0.29, 0.717) is 23.6 Å².